The topological polar surface area (TPSA) is 67.3 Å². The molecule has 156 valence electrons. The molecule has 0 spiro atoms. The van der Waals surface area contributed by atoms with Crippen LogP contribution in [0.2, 0.25) is 0 Å². The summed E-state index contributed by atoms with van der Waals surface area (Å²) < 4.78 is 41.5. The molecule has 0 unspecified atom stereocenters. The first-order valence-corrected chi connectivity index (χ1v) is 11.5. The third-order valence-corrected chi connectivity index (χ3v) is 7.56. The van der Waals surface area contributed by atoms with Crippen molar-refractivity contribution < 1.29 is 17.6 Å². The van der Waals surface area contributed by atoms with Gasteiger partial charge in [0.25, 0.3) is 5.91 Å². The molecule has 0 saturated carbocycles. The highest BCUT2D eigenvalue weighted by Crippen LogP contribution is 2.33. The molecule has 1 aliphatic heterocycles. The summed E-state index contributed by atoms with van der Waals surface area (Å²) >= 11 is 0. The second-order valence-electron chi connectivity index (χ2n) is 7.76. The molecule has 0 atom stereocenters. The second kappa shape index (κ2) is 7.80. The second-order valence-corrected chi connectivity index (χ2v) is 9.65. The average Bonchev–Trinajstić information content (AvgIpc) is 2.74. The van der Waals surface area contributed by atoms with Crippen LogP contribution in [0.4, 0.5) is 4.39 Å². The Balaban J connectivity index is 1.98. The third kappa shape index (κ3) is 3.58. The van der Waals surface area contributed by atoms with E-state index in [2.05, 4.69) is 4.98 Å². The van der Waals surface area contributed by atoms with Crippen molar-refractivity contribution in [3.05, 3.63) is 65.1 Å². The number of aryl methyl sites for hydroxylation is 2. The summed E-state index contributed by atoms with van der Waals surface area (Å²) in [6.45, 7) is 4.87. The molecule has 3 aromatic rings. The molecule has 4 rings (SSSR count). The Morgan fingerprint density at radius 1 is 1.00 bits per heavy atom. The van der Waals surface area contributed by atoms with E-state index in [1.807, 2.05) is 13.8 Å². The Bertz CT molecular complexity index is 1250. The lowest BCUT2D eigenvalue weighted by Crippen LogP contribution is -2.36. The van der Waals surface area contributed by atoms with Crippen molar-refractivity contribution in [1.29, 1.82) is 0 Å². The summed E-state index contributed by atoms with van der Waals surface area (Å²) in [6, 6.07) is 8.65. The van der Waals surface area contributed by atoms with Crippen molar-refractivity contribution in [3.63, 3.8) is 0 Å². The molecule has 1 amide bonds. The molecule has 2 aromatic carbocycles. The molecule has 5 nitrogen and oxygen atoms in total. The number of likely N-dealkylation sites (tertiary alicyclic amines) is 1. The molecule has 30 heavy (non-hydrogen) atoms. The molecule has 0 aliphatic carbocycles. The van der Waals surface area contributed by atoms with Crippen molar-refractivity contribution in [2.75, 3.05) is 13.1 Å². The molecule has 0 bridgehead atoms. The Morgan fingerprint density at radius 3 is 2.43 bits per heavy atom. The molecule has 1 aliphatic rings. The van der Waals surface area contributed by atoms with Gasteiger partial charge in [-0.25, -0.2) is 12.8 Å². The van der Waals surface area contributed by atoms with E-state index in [0.29, 0.717) is 18.6 Å². The number of carbonyl (C=O) groups excluding carboxylic acids is 1. The van der Waals surface area contributed by atoms with Crippen molar-refractivity contribution in [2.24, 2.45) is 0 Å². The lowest BCUT2D eigenvalue weighted by molar-refractivity contribution is 0.0720. The van der Waals surface area contributed by atoms with Gasteiger partial charge in [0.1, 0.15) is 5.82 Å². The number of hydrogen-bond donors (Lipinski definition) is 0. The van der Waals surface area contributed by atoms with E-state index >= 15 is 0 Å². The number of rotatable bonds is 3. The number of aromatic nitrogens is 1. The van der Waals surface area contributed by atoms with Crippen LogP contribution in [-0.2, 0) is 9.84 Å². The van der Waals surface area contributed by atoms with Crippen LogP contribution >= 0.6 is 0 Å². The van der Waals surface area contributed by atoms with Gasteiger partial charge in [0.2, 0.25) is 9.84 Å². The van der Waals surface area contributed by atoms with Gasteiger partial charge in [0, 0.05) is 24.7 Å². The number of benzene rings is 2. The monoisotopic (exact) mass is 426 g/mol. The molecule has 0 radical (unpaired) electrons. The van der Waals surface area contributed by atoms with Crippen LogP contribution in [0.3, 0.4) is 0 Å². The number of halogens is 1. The highest BCUT2D eigenvalue weighted by atomic mass is 32.2. The van der Waals surface area contributed by atoms with Gasteiger partial charge in [-0.1, -0.05) is 6.07 Å². The minimum Gasteiger partial charge on any atom is -0.339 e. The summed E-state index contributed by atoms with van der Waals surface area (Å²) in [5.41, 5.74) is 2.11. The van der Waals surface area contributed by atoms with Crippen LogP contribution in [0.5, 0.6) is 0 Å². The zero-order valence-electron chi connectivity index (χ0n) is 17.0. The number of pyridine rings is 1. The van der Waals surface area contributed by atoms with E-state index in [0.717, 1.165) is 36.5 Å². The van der Waals surface area contributed by atoms with Gasteiger partial charge in [-0.05, 0) is 74.6 Å². The van der Waals surface area contributed by atoms with Crippen LogP contribution < -0.4 is 0 Å². The standard InChI is InChI=1S/C23H23FN2O3S/c1-15-6-8-18(12-16(15)2)30(28,29)22-19-13-17(24)7-9-21(19)25-14-20(22)23(27)26-10-4-3-5-11-26/h6-9,12-14H,3-5,10-11H2,1-2H3. The number of fused-ring (bicyclic) bond motifs is 1. The van der Waals surface area contributed by atoms with E-state index in [9.17, 15) is 17.6 Å². The minimum atomic E-state index is -4.09. The Labute approximate surface area is 175 Å². The molecule has 0 N–H and O–H groups in total. The summed E-state index contributed by atoms with van der Waals surface area (Å²) in [5.74, 6) is -0.959. The van der Waals surface area contributed by atoms with E-state index in [1.54, 1.807) is 17.0 Å². The van der Waals surface area contributed by atoms with Gasteiger partial charge in [-0.15, -0.1) is 0 Å². The van der Waals surface area contributed by atoms with E-state index in [4.69, 9.17) is 0 Å². The molecular weight excluding hydrogens is 403 g/mol. The largest absolute Gasteiger partial charge is 0.339 e. The normalized spacial score (nSPS) is 14.8. The quantitative estimate of drug-likeness (QED) is 0.621. The fourth-order valence-electron chi connectivity index (χ4n) is 3.85. The fourth-order valence-corrected chi connectivity index (χ4v) is 5.55. The van der Waals surface area contributed by atoms with Crippen LogP contribution in [0.1, 0.15) is 40.7 Å². The Morgan fingerprint density at radius 2 is 1.73 bits per heavy atom. The van der Waals surface area contributed by atoms with Gasteiger partial charge >= 0.3 is 0 Å². The van der Waals surface area contributed by atoms with E-state index in [-0.39, 0.29) is 26.6 Å². The lowest BCUT2D eigenvalue weighted by atomic mass is 10.1. The SMILES string of the molecule is Cc1ccc(S(=O)(=O)c2c(C(=O)N3CCCCC3)cnc3ccc(F)cc23)cc1C. The minimum absolute atomic E-state index is 0.00627. The maximum absolute atomic E-state index is 14.1. The van der Waals surface area contributed by atoms with Gasteiger partial charge in [0.05, 0.1) is 20.9 Å². The van der Waals surface area contributed by atoms with Crippen molar-refractivity contribution in [3.8, 4) is 0 Å². The van der Waals surface area contributed by atoms with Crippen molar-refractivity contribution >= 4 is 26.6 Å². The zero-order chi connectivity index (χ0) is 21.5. The zero-order valence-corrected chi connectivity index (χ0v) is 17.8. The molecule has 2 heterocycles. The van der Waals surface area contributed by atoms with Crippen LogP contribution in [-0.4, -0.2) is 37.3 Å². The van der Waals surface area contributed by atoms with Gasteiger partial charge in [-0.3, -0.25) is 9.78 Å². The third-order valence-electron chi connectivity index (χ3n) is 5.71. The number of piperidine rings is 1. The molecule has 1 fully saturated rings. The molecule has 7 heteroatoms. The first-order valence-electron chi connectivity index (χ1n) is 9.99. The Kier molecular flexibility index (Phi) is 5.32. The molecular formula is C23H23FN2O3S. The average molecular weight is 427 g/mol. The predicted molar refractivity (Wildman–Crippen MR) is 113 cm³/mol. The number of sulfone groups is 1. The first-order chi connectivity index (χ1) is 14.3. The van der Waals surface area contributed by atoms with Gasteiger partial charge < -0.3 is 4.90 Å². The Hall–Kier alpha value is -2.80. The van der Waals surface area contributed by atoms with Crippen molar-refractivity contribution in [2.45, 2.75) is 42.9 Å². The summed E-state index contributed by atoms with van der Waals surface area (Å²) in [6.07, 6.45) is 4.10. The maximum Gasteiger partial charge on any atom is 0.256 e. The number of hydrogen-bond acceptors (Lipinski definition) is 4. The highest BCUT2D eigenvalue weighted by Gasteiger charge is 2.31. The summed E-state index contributed by atoms with van der Waals surface area (Å²) in [5, 5.41) is 0.121. The number of nitrogens with zero attached hydrogens (tertiary/aromatic N) is 2. The number of carbonyl (C=O) groups is 1. The molecule has 1 saturated heterocycles. The smallest absolute Gasteiger partial charge is 0.256 e. The van der Waals surface area contributed by atoms with Gasteiger partial charge in [0.15, 0.2) is 0 Å². The highest BCUT2D eigenvalue weighted by molar-refractivity contribution is 7.91. The summed E-state index contributed by atoms with van der Waals surface area (Å²) in [4.78, 5) is 19.1. The van der Waals surface area contributed by atoms with Crippen molar-refractivity contribution in [1.82, 2.24) is 9.88 Å². The summed E-state index contributed by atoms with van der Waals surface area (Å²) in [7, 11) is -4.09. The van der Waals surface area contributed by atoms with E-state index in [1.165, 1.54) is 24.4 Å². The van der Waals surface area contributed by atoms with Crippen LogP contribution in [0.25, 0.3) is 10.9 Å². The number of amides is 1. The maximum atomic E-state index is 14.1. The van der Waals surface area contributed by atoms with Crippen LogP contribution in [0.15, 0.2) is 52.4 Å². The molecule has 1 aromatic heterocycles. The fraction of sp³-hybridized carbons (Fsp3) is 0.304. The van der Waals surface area contributed by atoms with Crippen LogP contribution in [0, 0.1) is 19.7 Å². The lowest BCUT2D eigenvalue weighted by Gasteiger charge is -2.27. The van der Waals surface area contributed by atoms with Gasteiger partial charge in [-0.2, -0.15) is 0 Å². The first kappa shape index (κ1) is 20.5. The van der Waals surface area contributed by atoms with E-state index < -0.39 is 15.7 Å². The predicted octanol–water partition coefficient (Wildman–Crippen LogP) is 4.45.